The molecule has 5 nitrogen and oxygen atoms in total. The van der Waals surface area contributed by atoms with E-state index in [0.717, 1.165) is 12.8 Å². The molecule has 1 saturated heterocycles. The number of rotatable bonds is 5. The van der Waals surface area contributed by atoms with Gasteiger partial charge in [0.1, 0.15) is 6.04 Å². The minimum Gasteiger partial charge on any atom is -0.468 e. The maximum absolute atomic E-state index is 10.9. The van der Waals surface area contributed by atoms with Gasteiger partial charge in [-0.15, -0.1) is 0 Å². The SMILES string of the molecule is COC(=O)C(N)CCCC1OCCO1. The van der Waals surface area contributed by atoms with E-state index in [0.29, 0.717) is 19.6 Å². The second-order valence-corrected chi connectivity index (χ2v) is 3.23. The molecule has 5 heteroatoms. The fourth-order valence-corrected chi connectivity index (χ4v) is 1.35. The molecule has 1 heterocycles. The lowest BCUT2D eigenvalue weighted by molar-refractivity contribution is -0.142. The van der Waals surface area contributed by atoms with Crippen molar-refractivity contribution in [2.45, 2.75) is 31.6 Å². The maximum atomic E-state index is 10.9. The van der Waals surface area contributed by atoms with Gasteiger partial charge in [-0.3, -0.25) is 4.79 Å². The average molecular weight is 203 g/mol. The summed E-state index contributed by atoms with van der Waals surface area (Å²) in [6, 6.07) is -0.526. The van der Waals surface area contributed by atoms with Crippen molar-refractivity contribution < 1.29 is 19.0 Å². The Morgan fingerprint density at radius 2 is 2.21 bits per heavy atom. The minimum atomic E-state index is -0.526. The number of hydrogen-bond donors (Lipinski definition) is 1. The van der Waals surface area contributed by atoms with Gasteiger partial charge in [0.2, 0.25) is 0 Å². The molecule has 0 aliphatic carbocycles. The number of carbonyl (C=O) groups excluding carboxylic acids is 1. The van der Waals surface area contributed by atoms with E-state index in [9.17, 15) is 4.79 Å². The number of hydrogen-bond acceptors (Lipinski definition) is 5. The molecule has 14 heavy (non-hydrogen) atoms. The van der Waals surface area contributed by atoms with E-state index in [4.69, 9.17) is 15.2 Å². The molecule has 1 atom stereocenters. The van der Waals surface area contributed by atoms with E-state index in [1.165, 1.54) is 7.11 Å². The summed E-state index contributed by atoms with van der Waals surface area (Å²) in [5.41, 5.74) is 5.56. The largest absolute Gasteiger partial charge is 0.468 e. The van der Waals surface area contributed by atoms with Gasteiger partial charge in [-0.2, -0.15) is 0 Å². The van der Waals surface area contributed by atoms with Gasteiger partial charge in [-0.05, 0) is 19.3 Å². The fourth-order valence-electron chi connectivity index (χ4n) is 1.35. The Bertz CT molecular complexity index is 180. The van der Waals surface area contributed by atoms with Crippen LogP contribution in [0.4, 0.5) is 0 Å². The summed E-state index contributed by atoms with van der Waals surface area (Å²) in [6.07, 6.45) is 2.08. The molecule has 1 rings (SSSR count). The van der Waals surface area contributed by atoms with Crippen LogP contribution in [0.5, 0.6) is 0 Å². The monoisotopic (exact) mass is 203 g/mol. The van der Waals surface area contributed by atoms with Crippen molar-refractivity contribution >= 4 is 5.97 Å². The zero-order valence-electron chi connectivity index (χ0n) is 8.40. The second-order valence-electron chi connectivity index (χ2n) is 3.23. The smallest absolute Gasteiger partial charge is 0.322 e. The molecule has 0 bridgehead atoms. The van der Waals surface area contributed by atoms with Gasteiger partial charge >= 0.3 is 5.97 Å². The third-order valence-electron chi connectivity index (χ3n) is 2.15. The van der Waals surface area contributed by atoms with E-state index >= 15 is 0 Å². The van der Waals surface area contributed by atoms with Gasteiger partial charge in [-0.25, -0.2) is 0 Å². The first-order valence-electron chi connectivity index (χ1n) is 4.80. The zero-order valence-corrected chi connectivity index (χ0v) is 8.40. The maximum Gasteiger partial charge on any atom is 0.322 e. The molecule has 0 radical (unpaired) electrons. The van der Waals surface area contributed by atoms with Crippen LogP contribution in [-0.2, 0) is 19.0 Å². The molecule has 1 aliphatic heterocycles. The Morgan fingerprint density at radius 3 is 2.79 bits per heavy atom. The summed E-state index contributed by atoms with van der Waals surface area (Å²) in [5, 5.41) is 0. The normalized spacial score (nSPS) is 19.6. The molecule has 0 saturated carbocycles. The Labute approximate surface area is 83.5 Å². The zero-order chi connectivity index (χ0) is 10.4. The van der Waals surface area contributed by atoms with Gasteiger partial charge in [-0.1, -0.05) is 0 Å². The fraction of sp³-hybridized carbons (Fsp3) is 0.889. The van der Waals surface area contributed by atoms with Crippen molar-refractivity contribution in [1.82, 2.24) is 0 Å². The highest BCUT2D eigenvalue weighted by Gasteiger charge is 2.18. The molecular formula is C9H17NO4. The molecule has 0 amide bonds. The van der Waals surface area contributed by atoms with Gasteiger partial charge in [0, 0.05) is 0 Å². The van der Waals surface area contributed by atoms with Gasteiger partial charge in [0.25, 0.3) is 0 Å². The molecular weight excluding hydrogens is 186 g/mol. The van der Waals surface area contributed by atoms with Crippen LogP contribution in [0.2, 0.25) is 0 Å². The molecule has 0 aromatic carbocycles. The quantitative estimate of drug-likeness (QED) is 0.638. The van der Waals surface area contributed by atoms with Gasteiger partial charge in [0.05, 0.1) is 20.3 Å². The van der Waals surface area contributed by atoms with E-state index < -0.39 is 6.04 Å². The van der Waals surface area contributed by atoms with Crippen LogP contribution in [0, 0.1) is 0 Å². The first-order valence-corrected chi connectivity index (χ1v) is 4.80. The Balaban J connectivity index is 2.05. The first kappa shape index (κ1) is 11.4. The van der Waals surface area contributed by atoms with Crippen LogP contribution in [0.15, 0.2) is 0 Å². The van der Waals surface area contributed by atoms with E-state index in [-0.39, 0.29) is 12.3 Å². The average Bonchev–Trinajstić information content (AvgIpc) is 2.69. The summed E-state index contributed by atoms with van der Waals surface area (Å²) >= 11 is 0. The third kappa shape index (κ3) is 3.61. The van der Waals surface area contributed by atoms with Crippen molar-refractivity contribution in [2.24, 2.45) is 5.73 Å². The molecule has 1 unspecified atom stereocenters. The van der Waals surface area contributed by atoms with Gasteiger partial charge in [0.15, 0.2) is 6.29 Å². The number of carbonyl (C=O) groups is 1. The minimum absolute atomic E-state index is 0.111. The summed E-state index contributed by atoms with van der Waals surface area (Å²) in [6.45, 7) is 1.32. The lowest BCUT2D eigenvalue weighted by Crippen LogP contribution is -2.31. The van der Waals surface area contributed by atoms with Crippen molar-refractivity contribution in [1.29, 1.82) is 0 Å². The standard InChI is InChI=1S/C9H17NO4/c1-12-9(11)7(10)3-2-4-8-13-5-6-14-8/h7-8H,2-6,10H2,1H3. The lowest BCUT2D eigenvalue weighted by Gasteiger charge is -2.11. The summed E-state index contributed by atoms with van der Waals surface area (Å²) in [5.74, 6) is -0.363. The Kier molecular flexibility index (Phi) is 4.86. The van der Waals surface area contributed by atoms with Crippen LogP contribution in [0.1, 0.15) is 19.3 Å². The number of nitrogens with two attached hydrogens (primary N) is 1. The highest BCUT2D eigenvalue weighted by Crippen LogP contribution is 2.12. The molecule has 2 N–H and O–H groups in total. The van der Waals surface area contributed by atoms with Crippen LogP contribution in [0.25, 0.3) is 0 Å². The highest BCUT2D eigenvalue weighted by molar-refractivity contribution is 5.75. The first-order chi connectivity index (χ1) is 6.74. The molecule has 0 aromatic heterocycles. The topological polar surface area (TPSA) is 70.8 Å². The molecule has 1 fully saturated rings. The number of methoxy groups -OCH3 is 1. The summed E-state index contributed by atoms with van der Waals surface area (Å²) in [7, 11) is 1.34. The van der Waals surface area contributed by atoms with E-state index in [1.54, 1.807) is 0 Å². The molecule has 0 aromatic rings. The van der Waals surface area contributed by atoms with Crippen molar-refractivity contribution in [3.8, 4) is 0 Å². The second kappa shape index (κ2) is 5.95. The van der Waals surface area contributed by atoms with Crippen molar-refractivity contribution in [3.63, 3.8) is 0 Å². The number of esters is 1. The van der Waals surface area contributed by atoms with Gasteiger partial charge < -0.3 is 19.9 Å². The summed E-state index contributed by atoms with van der Waals surface area (Å²) < 4.78 is 15.0. The highest BCUT2D eigenvalue weighted by atomic mass is 16.7. The molecule has 1 aliphatic rings. The third-order valence-corrected chi connectivity index (χ3v) is 2.15. The van der Waals surface area contributed by atoms with Crippen molar-refractivity contribution in [2.75, 3.05) is 20.3 Å². The van der Waals surface area contributed by atoms with Crippen molar-refractivity contribution in [3.05, 3.63) is 0 Å². The predicted octanol–water partition coefficient (Wildman–Crippen LogP) is 0.0299. The Morgan fingerprint density at radius 1 is 1.57 bits per heavy atom. The van der Waals surface area contributed by atoms with Crippen LogP contribution < -0.4 is 5.73 Å². The summed E-state index contributed by atoms with van der Waals surface area (Å²) in [4.78, 5) is 10.9. The molecule has 82 valence electrons. The van der Waals surface area contributed by atoms with Crippen LogP contribution in [-0.4, -0.2) is 38.6 Å². The lowest BCUT2D eigenvalue weighted by atomic mass is 10.1. The van der Waals surface area contributed by atoms with Crippen LogP contribution in [0.3, 0.4) is 0 Å². The van der Waals surface area contributed by atoms with Crippen LogP contribution >= 0.6 is 0 Å². The predicted molar refractivity (Wildman–Crippen MR) is 49.5 cm³/mol. The van der Waals surface area contributed by atoms with E-state index in [2.05, 4.69) is 4.74 Å². The molecule has 0 spiro atoms. The Hall–Kier alpha value is -0.650. The van der Waals surface area contributed by atoms with E-state index in [1.807, 2.05) is 0 Å². The number of ether oxygens (including phenoxy) is 3.